The molecule has 5 nitrogen and oxygen atoms in total. The highest BCUT2D eigenvalue weighted by molar-refractivity contribution is 7.91. The first-order valence-electron chi connectivity index (χ1n) is 4.80. The monoisotopic (exact) mass is 219 g/mol. The summed E-state index contributed by atoms with van der Waals surface area (Å²) in [4.78, 5) is 4.04. The van der Waals surface area contributed by atoms with Crippen LogP contribution in [-0.4, -0.2) is 38.5 Å². The third-order valence-corrected chi connectivity index (χ3v) is 3.86. The van der Waals surface area contributed by atoms with Crippen LogP contribution in [0.4, 0.5) is 0 Å². The molecule has 1 rings (SSSR count). The molecule has 0 aliphatic carbocycles. The summed E-state index contributed by atoms with van der Waals surface area (Å²) in [5.74, 6) is 0.787. The molecule has 82 valence electrons. The molecule has 1 atom stereocenters. The van der Waals surface area contributed by atoms with Crippen LogP contribution in [0, 0.1) is 0 Å². The van der Waals surface area contributed by atoms with Crippen LogP contribution >= 0.6 is 0 Å². The second-order valence-electron chi connectivity index (χ2n) is 3.51. The summed E-state index contributed by atoms with van der Waals surface area (Å²) < 4.78 is 22.2. The zero-order valence-corrected chi connectivity index (χ0v) is 9.18. The van der Waals surface area contributed by atoms with Gasteiger partial charge in [-0.2, -0.15) is 0 Å². The summed E-state index contributed by atoms with van der Waals surface area (Å²) in [5, 5.41) is 2.92. The van der Waals surface area contributed by atoms with Crippen LogP contribution < -0.4 is 11.1 Å². The van der Waals surface area contributed by atoms with Crippen LogP contribution in [0.3, 0.4) is 0 Å². The van der Waals surface area contributed by atoms with Crippen LogP contribution in [0.1, 0.15) is 19.8 Å². The van der Waals surface area contributed by atoms with E-state index in [1.165, 1.54) is 0 Å². The number of nitrogens with two attached hydrogens (primary N) is 1. The number of nitrogens with one attached hydrogen (secondary N) is 1. The van der Waals surface area contributed by atoms with Gasteiger partial charge in [-0.05, 0) is 12.8 Å². The maximum atomic E-state index is 11.1. The molecule has 14 heavy (non-hydrogen) atoms. The van der Waals surface area contributed by atoms with Crippen molar-refractivity contribution in [2.45, 2.75) is 25.8 Å². The quantitative estimate of drug-likeness (QED) is 0.494. The number of hydrogen-bond donors (Lipinski definition) is 2. The summed E-state index contributed by atoms with van der Waals surface area (Å²) >= 11 is 0. The Kier molecular flexibility index (Phi) is 3.74. The van der Waals surface area contributed by atoms with Crippen molar-refractivity contribution in [2.75, 3.05) is 18.1 Å². The molecule has 0 aromatic heterocycles. The van der Waals surface area contributed by atoms with Crippen LogP contribution in [-0.2, 0) is 9.84 Å². The Bertz CT molecular complexity index is 311. The maximum Gasteiger partial charge on any atom is 0.188 e. The number of guanidine groups is 1. The van der Waals surface area contributed by atoms with Gasteiger partial charge in [0.1, 0.15) is 0 Å². The molecule has 3 N–H and O–H groups in total. The first-order chi connectivity index (χ1) is 6.53. The molecule has 1 heterocycles. The topological polar surface area (TPSA) is 84.5 Å². The molecule has 1 aliphatic heterocycles. The highest BCUT2D eigenvalue weighted by Crippen LogP contribution is 2.10. The summed E-state index contributed by atoms with van der Waals surface area (Å²) in [6, 6.07) is -0.0550. The molecule has 1 unspecified atom stereocenters. The number of aliphatic imine (C=N–C) groups is 1. The molecule has 1 aliphatic rings. The standard InChI is InChI=1S/C8H17N3O2S/c1-2-4-10-8(9)11-7-3-5-14(12,13)6-7/h7H,2-6H2,1H3,(H3,9,10,11). The van der Waals surface area contributed by atoms with Crippen LogP contribution in [0.25, 0.3) is 0 Å². The zero-order chi connectivity index (χ0) is 10.6. The molecule has 0 saturated carbocycles. The lowest BCUT2D eigenvalue weighted by Crippen LogP contribution is -2.40. The van der Waals surface area contributed by atoms with E-state index >= 15 is 0 Å². The van der Waals surface area contributed by atoms with Gasteiger partial charge in [0.2, 0.25) is 0 Å². The average molecular weight is 219 g/mol. The van der Waals surface area contributed by atoms with Crippen molar-refractivity contribution in [3.63, 3.8) is 0 Å². The zero-order valence-electron chi connectivity index (χ0n) is 8.36. The van der Waals surface area contributed by atoms with Gasteiger partial charge in [-0.25, -0.2) is 8.42 Å². The number of nitrogens with zero attached hydrogens (tertiary/aromatic N) is 1. The first-order valence-corrected chi connectivity index (χ1v) is 6.62. The van der Waals surface area contributed by atoms with E-state index in [0.717, 1.165) is 6.42 Å². The Morgan fingerprint density at radius 3 is 2.86 bits per heavy atom. The van der Waals surface area contributed by atoms with Gasteiger partial charge in [-0.15, -0.1) is 0 Å². The molecule has 0 bridgehead atoms. The molecule has 6 heteroatoms. The lowest BCUT2D eigenvalue weighted by molar-refractivity contribution is 0.600. The Morgan fingerprint density at radius 1 is 1.64 bits per heavy atom. The van der Waals surface area contributed by atoms with Crippen molar-refractivity contribution in [3.8, 4) is 0 Å². The van der Waals surface area contributed by atoms with Crippen molar-refractivity contribution in [1.82, 2.24) is 5.32 Å². The van der Waals surface area contributed by atoms with Gasteiger partial charge in [-0.3, -0.25) is 4.99 Å². The van der Waals surface area contributed by atoms with Gasteiger partial charge < -0.3 is 11.1 Å². The van der Waals surface area contributed by atoms with Gasteiger partial charge in [0.05, 0.1) is 11.5 Å². The van der Waals surface area contributed by atoms with Crippen LogP contribution in [0.5, 0.6) is 0 Å². The van der Waals surface area contributed by atoms with Crippen LogP contribution in [0.15, 0.2) is 4.99 Å². The molecule has 1 saturated heterocycles. The van der Waals surface area contributed by atoms with Gasteiger partial charge in [0.15, 0.2) is 15.8 Å². The molecule has 0 spiro atoms. The van der Waals surface area contributed by atoms with Gasteiger partial charge in [0.25, 0.3) is 0 Å². The second kappa shape index (κ2) is 4.63. The predicted octanol–water partition coefficient (Wildman–Crippen LogP) is -0.512. The van der Waals surface area contributed by atoms with Crippen molar-refractivity contribution in [1.29, 1.82) is 0 Å². The molecule has 0 radical (unpaired) electrons. The fraction of sp³-hybridized carbons (Fsp3) is 0.875. The summed E-state index contributed by atoms with van der Waals surface area (Å²) in [7, 11) is -2.83. The van der Waals surface area contributed by atoms with Gasteiger partial charge in [-0.1, -0.05) is 6.92 Å². The normalized spacial score (nSPS) is 26.4. The second-order valence-corrected chi connectivity index (χ2v) is 5.74. The van der Waals surface area contributed by atoms with Gasteiger partial charge >= 0.3 is 0 Å². The third kappa shape index (κ3) is 3.53. The summed E-state index contributed by atoms with van der Waals surface area (Å²) in [5.41, 5.74) is 5.57. The predicted molar refractivity (Wildman–Crippen MR) is 57.0 cm³/mol. The average Bonchev–Trinajstić information content (AvgIpc) is 2.42. The first kappa shape index (κ1) is 11.3. The Labute approximate surface area is 84.7 Å². The number of rotatable bonds is 3. The molecule has 0 amide bonds. The van der Waals surface area contributed by atoms with E-state index in [4.69, 9.17) is 5.73 Å². The Morgan fingerprint density at radius 2 is 2.36 bits per heavy atom. The van der Waals surface area contributed by atoms with E-state index in [2.05, 4.69) is 10.3 Å². The minimum atomic E-state index is -2.83. The van der Waals surface area contributed by atoms with Crippen LogP contribution in [0.2, 0.25) is 0 Å². The van der Waals surface area contributed by atoms with Crippen molar-refractivity contribution in [3.05, 3.63) is 0 Å². The van der Waals surface area contributed by atoms with E-state index in [0.29, 0.717) is 18.9 Å². The minimum absolute atomic E-state index is 0.0550. The Balaban J connectivity index is 2.39. The smallest absolute Gasteiger partial charge is 0.188 e. The Hall–Kier alpha value is -0.780. The van der Waals surface area contributed by atoms with Gasteiger partial charge in [0, 0.05) is 12.6 Å². The maximum absolute atomic E-state index is 11.1. The van der Waals surface area contributed by atoms with E-state index < -0.39 is 9.84 Å². The molecular formula is C8H17N3O2S. The van der Waals surface area contributed by atoms with E-state index in [-0.39, 0.29) is 17.5 Å². The van der Waals surface area contributed by atoms with Crippen molar-refractivity contribution >= 4 is 15.8 Å². The minimum Gasteiger partial charge on any atom is -0.370 e. The lowest BCUT2D eigenvalue weighted by Gasteiger charge is -2.10. The fourth-order valence-corrected chi connectivity index (χ4v) is 3.07. The fourth-order valence-electron chi connectivity index (χ4n) is 1.40. The molecule has 1 fully saturated rings. The molecule has 0 aromatic carbocycles. The van der Waals surface area contributed by atoms with Crippen molar-refractivity contribution < 1.29 is 8.42 Å². The van der Waals surface area contributed by atoms with E-state index in [1.54, 1.807) is 0 Å². The molecular weight excluding hydrogens is 202 g/mol. The number of hydrogen-bond acceptors (Lipinski definition) is 3. The summed E-state index contributed by atoms with van der Waals surface area (Å²) in [6.45, 7) is 2.69. The van der Waals surface area contributed by atoms with E-state index in [9.17, 15) is 8.42 Å². The lowest BCUT2D eigenvalue weighted by atomic mass is 10.3. The SMILES string of the molecule is CCCN=C(N)NC1CCS(=O)(=O)C1. The van der Waals surface area contributed by atoms with E-state index in [1.807, 2.05) is 6.92 Å². The van der Waals surface area contributed by atoms with Crippen molar-refractivity contribution in [2.24, 2.45) is 10.7 Å². The molecule has 0 aromatic rings. The number of sulfone groups is 1. The largest absolute Gasteiger partial charge is 0.370 e. The summed E-state index contributed by atoms with van der Waals surface area (Å²) in [6.07, 6.45) is 1.57. The highest BCUT2D eigenvalue weighted by atomic mass is 32.2. The highest BCUT2D eigenvalue weighted by Gasteiger charge is 2.27. The third-order valence-electron chi connectivity index (χ3n) is 2.09.